The molecule has 5 heteroatoms. The molecule has 0 fully saturated rings. The zero-order valence-corrected chi connectivity index (χ0v) is 18.3. The van der Waals surface area contributed by atoms with E-state index in [1.54, 1.807) is 4.90 Å². The molecule has 0 aliphatic carbocycles. The number of amides is 1. The van der Waals surface area contributed by atoms with Gasteiger partial charge < -0.3 is 14.2 Å². The van der Waals surface area contributed by atoms with Gasteiger partial charge in [0.15, 0.2) is 0 Å². The summed E-state index contributed by atoms with van der Waals surface area (Å²) in [5.41, 5.74) is 3.72. The van der Waals surface area contributed by atoms with Gasteiger partial charge >= 0.3 is 0 Å². The molecule has 0 spiro atoms. The Hall–Kier alpha value is -3.08. The number of benzene rings is 2. The average molecular weight is 407 g/mol. The maximum Gasteiger partial charge on any atom is 0.295 e. The normalized spacial score (nSPS) is 10.9. The minimum absolute atomic E-state index is 0.443. The summed E-state index contributed by atoms with van der Waals surface area (Å²) in [7, 11) is 0. The van der Waals surface area contributed by atoms with E-state index in [0.717, 1.165) is 28.6 Å². The van der Waals surface area contributed by atoms with E-state index in [-0.39, 0.29) is 0 Å². The van der Waals surface area contributed by atoms with Crippen LogP contribution >= 0.6 is 0 Å². The van der Waals surface area contributed by atoms with Gasteiger partial charge in [-0.3, -0.25) is 9.59 Å². The summed E-state index contributed by atoms with van der Waals surface area (Å²) < 4.78 is 8.01. The minimum atomic E-state index is -0.444. The molecule has 3 rings (SSSR count). The van der Waals surface area contributed by atoms with Gasteiger partial charge in [-0.25, -0.2) is 0 Å². The molecule has 0 bridgehead atoms. The van der Waals surface area contributed by atoms with Crippen molar-refractivity contribution in [2.24, 2.45) is 0 Å². The van der Waals surface area contributed by atoms with Crippen molar-refractivity contribution in [1.82, 2.24) is 9.47 Å². The molecule has 1 heterocycles. The number of aryl methyl sites for hydroxylation is 3. The van der Waals surface area contributed by atoms with Crippen LogP contribution in [0, 0.1) is 13.8 Å². The second-order valence-electron chi connectivity index (χ2n) is 7.53. The molecule has 0 atom stereocenters. The van der Waals surface area contributed by atoms with Crippen LogP contribution < -0.4 is 4.74 Å². The first-order valence-electron chi connectivity index (χ1n) is 10.6. The summed E-state index contributed by atoms with van der Waals surface area (Å²) in [5, 5.41) is 0.818. The summed E-state index contributed by atoms with van der Waals surface area (Å²) in [6.07, 6.45) is 2.61. The van der Waals surface area contributed by atoms with Crippen molar-refractivity contribution in [2.75, 3.05) is 19.7 Å². The monoisotopic (exact) mass is 406 g/mol. The van der Waals surface area contributed by atoms with Crippen LogP contribution in [-0.2, 0) is 11.3 Å². The van der Waals surface area contributed by atoms with Crippen molar-refractivity contribution in [3.8, 4) is 5.75 Å². The van der Waals surface area contributed by atoms with Gasteiger partial charge in [0.1, 0.15) is 5.75 Å². The van der Waals surface area contributed by atoms with E-state index >= 15 is 0 Å². The predicted molar refractivity (Wildman–Crippen MR) is 120 cm³/mol. The van der Waals surface area contributed by atoms with Crippen molar-refractivity contribution in [3.05, 3.63) is 65.4 Å². The molecule has 30 heavy (non-hydrogen) atoms. The van der Waals surface area contributed by atoms with Gasteiger partial charge in [0.2, 0.25) is 0 Å². The number of para-hydroxylation sites is 1. The predicted octanol–water partition coefficient (Wildman–Crippen LogP) is 4.78. The molecule has 5 nitrogen and oxygen atoms in total. The largest absolute Gasteiger partial charge is 0.493 e. The van der Waals surface area contributed by atoms with Crippen molar-refractivity contribution >= 4 is 22.6 Å². The molecule has 1 aromatic heterocycles. The second-order valence-corrected chi connectivity index (χ2v) is 7.53. The number of carbonyl (C=O) groups is 2. The first kappa shape index (κ1) is 21.6. The summed E-state index contributed by atoms with van der Waals surface area (Å²) in [6.45, 7) is 10.2. The molecule has 1 amide bonds. The first-order chi connectivity index (χ1) is 14.5. The number of Topliss-reactive ketones (excluding diaryl/α,β-unsaturated/α-hetero) is 1. The highest BCUT2D eigenvalue weighted by molar-refractivity contribution is 6.44. The van der Waals surface area contributed by atoms with Gasteiger partial charge in [-0.15, -0.1) is 0 Å². The van der Waals surface area contributed by atoms with Gasteiger partial charge in [-0.05, 0) is 57.4 Å². The molecule has 0 saturated carbocycles. The van der Waals surface area contributed by atoms with Gasteiger partial charge in [-0.1, -0.05) is 30.3 Å². The third-order valence-electron chi connectivity index (χ3n) is 5.42. The van der Waals surface area contributed by atoms with Gasteiger partial charge in [0, 0.05) is 36.7 Å². The van der Waals surface area contributed by atoms with E-state index in [0.29, 0.717) is 31.8 Å². The first-order valence-corrected chi connectivity index (χ1v) is 10.6. The Morgan fingerprint density at radius 2 is 1.77 bits per heavy atom. The fourth-order valence-electron chi connectivity index (χ4n) is 3.66. The van der Waals surface area contributed by atoms with Crippen molar-refractivity contribution in [2.45, 2.75) is 40.7 Å². The molecule has 0 aliphatic rings. The maximum absolute atomic E-state index is 12.9. The Bertz CT molecular complexity index is 1050. The van der Waals surface area contributed by atoms with Crippen LogP contribution in [0.4, 0.5) is 0 Å². The molecular weight excluding hydrogens is 376 g/mol. The van der Waals surface area contributed by atoms with E-state index in [2.05, 4.69) is 25.1 Å². The lowest BCUT2D eigenvalue weighted by atomic mass is 10.1. The SMILES string of the molecule is CCN(CC)C(=O)C(=O)c1cn(CCCOc2cc(C)ccc2C)c2ccccc12. The van der Waals surface area contributed by atoms with Crippen LogP contribution in [0.5, 0.6) is 5.75 Å². The van der Waals surface area contributed by atoms with E-state index in [1.807, 2.05) is 55.8 Å². The molecule has 0 radical (unpaired) electrons. The fraction of sp³-hybridized carbons (Fsp3) is 0.360. The van der Waals surface area contributed by atoms with Crippen molar-refractivity contribution in [3.63, 3.8) is 0 Å². The van der Waals surface area contributed by atoms with Gasteiger partial charge in [-0.2, -0.15) is 0 Å². The Balaban J connectivity index is 1.74. The molecular formula is C25H30N2O3. The second kappa shape index (κ2) is 9.61. The minimum Gasteiger partial charge on any atom is -0.493 e. The van der Waals surface area contributed by atoms with Crippen molar-refractivity contribution in [1.29, 1.82) is 0 Å². The fourth-order valence-corrected chi connectivity index (χ4v) is 3.66. The van der Waals surface area contributed by atoms with E-state index in [9.17, 15) is 9.59 Å². The summed E-state index contributed by atoms with van der Waals surface area (Å²) in [6, 6.07) is 13.9. The number of fused-ring (bicyclic) bond motifs is 1. The number of carbonyl (C=O) groups excluding carboxylic acids is 2. The highest BCUT2D eigenvalue weighted by Crippen LogP contribution is 2.23. The van der Waals surface area contributed by atoms with Crippen LogP contribution in [-0.4, -0.2) is 40.9 Å². The topological polar surface area (TPSA) is 51.5 Å². The van der Waals surface area contributed by atoms with Gasteiger partial charge in [0.05, 0.1) is 12.2 Å². The van der Waals surface area contributed by atoms with Crippen LogP contribution in [0.2, 0.25) is 0 Å². The number of aromatic nitrogens is 1. The molecule has 3 aromatic rings. The third-order valence-corrected chi connectivity index (χ3v) is 5.42. The molecule has 0 aliphatic heterocycles. The summed E-state index contributed by atoms with van der Waals surface area (Å²) >= 11 is 0. The number of rotatable bonds is 9. The van der Waals surface area contributed by atoms with Crippen LogP contribution in [0.25, 0.3) is 10.9 Å². The lowest BCUT2D eigenvalue weighted by Gasteiger charge is -2.17. The highest BCUT2D eigenvalue weighted by Gasteiger charge is 2.24. The van der Waals surface area contributed by atoms with E-state index < -0.39 is 11.7 Å². The zero-order chi connectivity index (χ0) is 21.7. The standard InChI is InChI=1S/C25H30N2O3/c1-5-26(6-2)25(29)24(28)21-17-27(22-11-8-7-10-20(21)22)14-9-15-30-23-16-18(3)12-13-19(23)4/h7-8,10-13,16-17H,5-6,9,14-15H2,1-4H3. The molecule has 0 saturated heterocycles. The third kappa shape index (κ3) is 4.56. The quantitative estimate of drug-likeness (QED) is 0.292. The number of likely N-dealkylation sites (N-methyl/N-ethyl adjacent to an activating group) is 1. The number of ketones is 1. The summed E-state index contributed by atoms with van der Waals surface area (Å²) in [4.78, 5) is 27.0. The molecule has 0 unspecified atom stereocenters. The van der Waals surface area contributed by atoms with Crippen molar-refractivity contribution < 1.29 is 14.3 Å². The molecule has 158 valence electrons. The lowest BCUT2D eigenvalue weighted by molar-refractivity contribution is -0.126. The van der Waals surface area contributed by atoms with Crippen LogP contribution in [0.15, 0.2) is 48.7 Å². The Morgan fingerprint density at radius 1 is 1.03 bits per heavy atom. The lowest BCUT2D eigenvalue weighted by Crippen LogP contribution is -2.36. The Labute approximate surface area is 178 Å². The Kier molecular flexibility index (Phi) is 6.93. The van der Waals surface area contributed by atoms with E-state index in [4.69, 9.17) is 4.74 Å². The Morgan fingerprint density at radius 3 is 2.50 bits per heavy atom. The molecule has 2 aromatic carbocycles. The number of hydrogen-bond acceptors (Lipinski definition) is 3. The van der Waals surface area contributed by atoms with Crippen LogP contribution in [0.3, 0.4) is 0 Å². The average Bonchev–Trinajstić information content (AvgIpc) is 3.12. The zero-order valence-electron chi connectivity index (χ0n) is 18.3. The number of hydrogen-bond donors (Lipinski definition) is 0. The van der Waals surface area contributed by atoms with Crippen LogP contribution in [0.1, 0.15) is 41.8 Å². The van der Waals surface area contributed by atoms with Gasteiger partial charge in [0.25, 0.3) is 11.7 Å². The molecule has 0 N–H and O–H groups in total. The summed E-state index contributed by atoms with van der Waals surface area (Å²) in [5.74, 6) is 0.0227. The smallest absolute Gasteiger partial charge is 0.295 e. The highest BCUT2D eigenvalue weighted by atomic mass is 16.5. The number of nitrogens with zero attached hydrogens (tertiary/aromatic N) is 2. The maximum atomic E-state index is 12.9. The van der Waals surface area contributed by atoms with E-state index in [1.165, 1.54) is 5.56 Å². The number of ether oxygens (including phenoxy) is 1.